The number of fused-ring (bicyclic) bond motifs is 1. The van der Waals surface area contributed by atoms with Crippen molar-refractivity contribution in [1.29, 1.82) is 0 Å². The maximum atomic E-state index is 9.65. The van der Waals surface area contributed by atoms with Crippen LogP contribution in [0, 0.1) is 0 Å². The minimum Gasteiger partial charge on any atom is -0.504 e. The van der Waals surface area contributed by atoms with E-state index in [1.165, 1.54) is 10.6 Å². The second kappa shape index (κ2) is 6.36. The third-order valence-corrected chi connectivity index (χ3v) is 4.98. The molecule has 0 aromatic heterocycles. The molecule has 4 heteroatoms. The summed E-state index contributed by atoms with van der Waals surface area (Å²) in [6.07, 6.45) is 4.27. The lowest BCUT2D eigenvalue weighted by atomic mass is 10.2. The van der Waals surface area contributed by atoms with Gasteiger partial charge in [-0.05, 0) is 36.8 Å². The SMILES string of the molecule is CCN1c2ccccc2SC1/C=C/c1ccc(O)c(OC)c1. The number of anilines is 1. The van der Waals surface area contributed by atoms with Gasteiger partial charge in [-0.2, -0.15) is 0 Å². The Labute approximate surface area is 135 Å². The Morgan fingerprint density at radius 3 is 2.86 bits per heavy atom. The topological polar surface area (TPSA) is 32.7 Å². The van der Waals surface area contributed by atoms with E-state index in [0.717, 1.165) is 12.1 Å². The van der Waals surface area contributed by atoms with Crippen LogP contribution in [-0.2, 0) is 0 Å². The van der Waals surface area contributed by atoms with Crippen molar-refractivity contribution < 1.29 is 9.84 Å². The summed E-state index contributed by atoms with van der Waals surface area (Å²) >= 11 is 1.86. The van der Waals surface area contributed by atoms with Crippen LogP contribution in [-0.4, -0.2) is 24.1 Å². The number of phenolic OH excluding ortho intramolecular Hbond substituents is 1. The van der Waals surface area contributed by atoms with Gasteiger partial charge in [0.2, 0.25) is 0 Å². The summed E-state index contributed by atoms with van der Waals surface area (Å²) in [7, 11) is 1.56. The number of thioether (sulfide) groups is 1. The molecule has 1 aliphatic heterocycles. The van der Waals surface area contributed by atoms with Gasteiger partial charge in [0.05, 0.1) is 18.2 Å². The van der Waals surface area contributed by atoms with E-state index in [0.29, 0.717) is 11.1 Å². The fraction of sp³-hybridized carbons (Fsp3) is 0.222. The number of hydrogen-bond acceptors (Lipinski definition) is 4. The van der Waals surface area contributed by atoms with E-state index >= 15 is 0 Å². The van der Waals surface area contributed by atoms with E-state index in [4.69, 9.17) is 4.74 Å². The molecule has 3 nitrogen and oxygen atoms in total. The summed E-state index contributed by atoms with van der Waals surface area (Å²) in [4.78, 5) is 3.70. The molecule has 0 radical (unpaired) electrons. The number of ether oxygens (including phenoxy) is 1. The van der Waals surface area contributed by atoms with E-state index in [9.17, 15) is 5.11 Å². The van der Waals surface area contributed by atoms with Crippen LogP contribution in [0.4, 0.5) is 5.69 Å². The standard InChI is InChI=1S/C18H19NO2S/c1-3-19-14-6-4-5-7-17(14)22-18(19)11-9-13-8-10-15(20)16(12-13)21-2/h4-12,18,20H,3H2,1-2H3/b11-9+. The van der Waals surface area contributed by atoms with Crippen molar-refractivity contribution in [2.24, 2.45) is 0 Å². The molecule has 3 rings (SSSR count). The maximum absolute atomic E-state index is 9.65. The first kappa shape index (κ1) is 14.9. The number of phenols is 1. The normalized spacial score (nSPS) is 17.0. The van der Waals surface area contributed by atoms with Crippen LogP contribution in [0.15, 0.2) is 53.4 Å². The first-order valence-electron chi connectivity index (χ1n) is 7.30. The highest BCUT2D eigenvalue weighted by Crippen LogP contribution is 2.43. The third kappa shape index (κ3) is 2.79. The monoisotopic (exact) mass is 313 g/mol. The Hall–Kier alpha value is -2.07. The van der Waals surface area contributed by atoms with Gasteiger partial charge >= 0.3 is 0 Å². The molecule has 0 aliphatic carbocycles. The molecule has 2 aromatic rings. The molecule has 1 aliphatic rings. The van der Waals surface area contributed by atoms with E-state index in [-0.39, 0.29) is 5.75 Å². The molecule has 2 aromatic carbocycles. The molecular weight excluding hydrogens is 294 g/mol. The summed E-state index contributed by atoms with van der Waals surface area (Å²) in [5.41, 5.74) is 2.31. The highest BCUT2D eigenvalue weighted by Gasteiger charge is 2.26. The van der Waals surface area contributed by atoms with Gasteiger partial charge in [-0.15, -0.1) is 0 Å². The van der Waals surface area contributed by atoms with Crippen molar-refractivity contribution in [3.8, 4) is 11.5 Å². The minimum atomic E-state index is 0.164. The van der Waals surface area contributed by atoms with Gasteiger partial charge in [0.25, 0.3) is 0 Å². The quantitative estimate of drug-likeness (QED) is 0.908. The Kier molecular flexibility index (Phi) is 4.29. The van der Waals surface area contributed by atoms with Crippen molar-refractivity contribution >= 4 is 23.5 Å². The number of benzene rings is 2. The Bertz CT molecular complexity index is 699. The van der Waals surface area contributed by atoms with Gasteiger partial charge in [-0.25, -0.2) is 0 Å². The minimum absolute atomic E-state index is 0.164. The molecule has 0 spiro atoms. The Morgan fingerprint density at radius 2 is 2.09 bits per heavy atom. The molecule has 0 fully saturated rings. The highest BCUT2D eigenvalue weighted by atomic mass is 32.2. The summed E-state index contributed by atoms with van der Waals surface area (Å²) in [6.45, 7) is 3.14. The number of likely N-dealkylation sites (N-methyl/N-ethyl adjacent to an activating group) is 1. The molecule has 0 bridgehead atoms. The second-order valence-corrected chi connectivity index (χ2v) is 6.21. The number of aromatic hydroxyl groups is 1. The van der Waals surface area contributed by atoms with Crippen molar-refractivity contribution in [1.82, 2.24) is 0 Å². The van der Waals surface area contributed by atoms with Crippen molar-refractivity contribution in [3.05, 3.63) is 54.1 Å². The van der Waals surface area contributed by atoms with Crippen molar-refractivity contribution in [2.45, 2.75) is 17.2 Å². The zero-order valence-corrected chi connectivity index (χ0v) is 13.5. The van der Waals surface area contributed by atoms with E-state index < -0.39 is 0 Å². The maximum Gasteiger partial charge on any atom is 0.161 e. The largest absolute Gasteiger partial charge is 0.504 e. The second-order valence-electron chi connectivity index (χ2n) is 5.05. The molecule has 0 saturated carbocycles. The van der Waals surface area contributed by atoms with Crippen LogP contribution in [0.25, 0.3) is 6.08 Å². The zero-order valence-electron chi connectivity index (χ0n) is 12.7. The number of methoxy groups -OCH3 is 1. The van der Waals surface area contributed by atoms with Gasteiger partial charge in [0.1, 0.15) is 0 Å². The Balaban J connectivity index is 1.82. The van der Waals surface area contributed by atoms with E-state index in [2.05, 4.69) is 48.2 Å². The summed E-state index contributed by atoms with van der Waals surface area (Å²) in [6, 6.07) is 13.9. The lowest BCUT2D eigenvalue weighted by Gasteiger charge is -2.22. The van der Waals surface area contributed by atoms with Crippen LogP contribution in [0.5, 0.6) is 11.5 Å². The molecule has 22 heavy (non-hydrogen) atoms. The van der Waals surface area contributed by atoms with E-state index in [1.54, 1.807) is 13.2 Å². The average molecular weight is 313 g/mol. The van der Waals surface area contributed by atoms with Crippen LogP contribution >= 0.6 is 11.8 Å². The van der Waals surface area contributed by atoms with Gasteiger partial charge in [-0.1, -0.05) is 42.1 Å². The number of hydrogen-bond donors (Lipinski definition) is 1. The molecule has 1 N–H and O–H groups in total. The summed E-state index contributed by atoms with van der Waals surface area (Å²) in [5, 5.41) is 9.95. The molecule has 0 saturated heterocycles. The van der Waals surface area contributed by atoms with Gasteiger partial charge < -0.3 is 14.7 Å². The fourth-order valence-electron chi connectivity index (χ4n) is 2.61. The molecule has 1 atom stereocenters. The van der Waals surface area contributed by atoms with Gasteiger partial charge in [0.15, 0.2) is 11.5 Å². The highest BCUT2D eigenvalue weighted by molar-refractivity contribution is 8.00. The number of rotatable bonds is 4. The van der Waals surface area contributed by atoms with Crippen molar-refractivity contribution in [2.75, 3.05) is 18.6 Å². The predicted octanol–water partition coefficient (Wildman–Crippen LogP) is 4.37. The Morgan fingerprint density at radius 1 is 1.27 bits per heavy atom. The molecule has 0 amide bonds. The van der Waals surface area contributed by atoms with Crippen LogP contribution in [0.3, 0.4) is 0 Å². The molecule has 114 valence electrons. The smallest absolute Gasteiger partial charge is 0.161 e. The average Bonchev–Trinajstić information content (AvgIpc) is 2.91. The zero-order chi connectivity index (χ0) is 15.5. The summed E-state index contributed by atoms with van der Waals surface area (Å²) in [5.74, 6) is 0.661. The summed E-state index contributed by atoms with van der Waals surface area (Å²) < 4.78 is 5.15. The lowest BCUT2D eigenvalue weighted by molar-refractivity contribution is 0.373. The first-order valence-corrected chi connectivity index (χ1v) is 8.18. The predicted molar refractivity (Wildman–Crippen MR) is 92.8 cm³/mol. The lowest BCUT2D eigenvalue weighted by Crippen LogP contribution is -2.27. The van der Waals surface area contributed by atoms with Gasteiger partial charge in [0, 0.05) is 11.4 Å². The fourth-order valence-corrected chi connectivity index (χ4v) is 3.88. The van der Waals surface area contributed by atoms with Gasteiger partial charge in [-0.3, -0.25) is 0 Å². The first-order chi connectivity index (χ1) is 10.7. The number of para-hydroxylation sites is 1. The molecular formula is C18H19NO2S. The molecule has 1 unspecified atom stereocenters. The third-order valence-electron chi connectivity index (χ3n) is 3.73. The van der Waals surface area contributed by atoms with Crippen LogP contribution in [0.1, 0.15) is 12.5 Å². The van der Waals surface area contributed by atoms with E-state index in [1.807, 2.05) is 23.9 Å². The molecule has 1 heterocycles. The van der Waals surface area contributed by atoms with Crippen LogP contribution < -0.4 is 9.64 Å². The number of nitrogens with zero attached hydrogens (tertiary/aromatic N) is 1. The van der Waals surface area contributed by atoms with Crippen LogP contribution in [0.2, 0.25) is 0 Å². The van der Waals surface area contributed by atoms with Crippen molar-refractivity contribution in [3.63, 3.8) is 0 Å².